The molecule has 1 aromatic heterocycles. The third-order valence-corrected chi connectivity index (χ3v) is 3.48. The van der Waals surface area contributed by atoms with Crippen LogP contribution in [0.1, 0.15) is 44.8 Å². The Bertz CT molecular complexity index is 590. The van der Waals surface area contributed by atoms with Crippen molar-refractivity contribution in [3.63, 3.8) is 0 Å². The number of amides is 3. The standard InChI is InChI=1S/C18H31N3O4/c1-12(11-21(7)17(23)25-18(4,5)6)9-19-16(22)20-10-15-8-13(2)24-14(15)3/h8,12H,9-11H2,1-7H3,(H2,19,20,22). The molecule has 0 fully saturated rings. The van der Waals surface area contributed by atoms with Crippen LogP contribution in [0.4, 0.5) is 9.59 Å². The van der Waals surface area contributed by atoms with Crippen LogP contribution < -0.4 is 10.6 Å². The Morgan fingerprint density at radius 2 is 1.92 bits per heavy atom. The van der Waals surface area contributed by atoms with Gasteiger partial charge in [0, 0.05) is 32.2 Å². The lowest BCUT2D eigenvalue weighted by Gasteiger charge is -2.26. The minimum absolute atomic E-state index is 0.0983. The fourth-order valence-electron chi connectivity index (χ4n) is 2.31. The SMILES string of the molecule is Cc1cc(CNC(=O)NCC(C)CN(C)C(=O)OC(C)(C)C)c(C)o1. The van der Waals surface area contributed by atoms with Crippen molar-refractivity contribution in [3.8, 4) is 0 Å². The van der Waals surface area contributed by atoms with E-state index in [-0.39, 0.29) is 18.0 Å². The van der Waals surface area contributed by atoms with E-state index in [4.69, 9.17) is 9.15 Å². The van der Waals surface area contributed by atoms with E-state index >= 15 is 0 Å². The molecule has 7 nitrogen and oxygen atoms in total. The van der Waals surface area contributed by atoms with Crippen molar-refractivity contribution in [2.75, 3.05) is 20.1 Å². The summed E-state index contributed by atoms with van der Waals surface area (Å²) >= 11 is 0. The summed E-state index contributed by atoms with van der Waals surface area (Å²) in [5.41, 5.74) is 0.446. The lowest BCUT2D eigenvalue weighted by atomic mass is 10.1. The Morgan fingerprint density at radius 1 is 1.28 bits per heavy atom. The van der Waals surface area contributed by atoms with Crippen LogP contribution in [-0.4, -0.2) is 42.8 Å². The molecule has 0 spiro atoms. The van der Waals surface area contributed by atoms with Gasteiger partial charge in [0.25, 0.3) is 0 Å². The topological polar surface area (TPSA) is 83.8 Å². The molecule has 1 rings (SSSR count). The maximum Gasteiger partial charge on any atom is 0.410 e. The molecule has 0 aliphatic heterocycles. The minimum Gasteiger partial charge on any atom is -0.466 e. The molecule has 0 aromatic carbocycles. The Balaban J connectivity index is 2.30. The maximum absolute atomic E-state index is 11.9. The van der Waals surface area contributed by atoms with Crippen molar-refractivity contribution in [1.29, 1.82) is 0 Å². The Morgan fingerprint density at radius 3 is 2.44 bits per heavy atom. The van der Waals surface area contributed by atoms with Crippen LogP contribution in [0.3, 0.4) is 0 Å². The van der Waals surface area contributed by atoms with Gasteiger partial charge >= 0.3 is 12.1 Å². The predicted octanol–water partition coefficient (Wildman–Crippen LogP) is 3.20. The number of hydrogen-bond acceptors (Lipinski definition) is 4. The minimum atomic E-state index is -0.518. The summed E-state index contributed by atoms with van der Waals surface area (Å²) in [4.78, 5) is 25.3. The molecular formula is C18H31N3O4. The fourth-order valence-corrected chi connectivity index (χ4v) is 2.31. The molecule has 25 heavy (non-hydrogen) atoms. The quantitative estimate of drug-likeness (QED) is 0.822. The van der Waals surface area contributed by atoms with Crippen molar-refractivity contribution in [2.45, 2.75) is 53.7 Å². The van der Waals surface area contributed by atoms with Gasteiger partial charge in [-0.05, 0) is 46.6 Å². The summed E-state index contributed by atoms with van der Waals surface area (Å²) in [6.45, 7) is 12.6. The molecule has 3 amide bonds. The van der Waals surface area contributed by atoms with Crippen molar-refractivity contribution in [3.05, 3.63) is 23.2 Å². The highest BCUT2D eigenvalue weighted by atomic mass is 16.6. The highest BCUT2D eigenvalue weighted by Crippen LogP contribution is 2.13. The van der Waals surface area contributed by atoms with Gasteiger partial charge in [-0.3, -0.25) is 0 Å². The monoisotopic (exact) mass is 353 g/mol. The molecule has 1 unspecified atom stereocenters. The first-order valence-corrected chi connectivity index (χ1v) is 8.49. The van der Waals surface area contributed by atoms with Gasteiger partial charge in [-0.2, -0.15) is 0 Å². The molecule has 1 aromatic rings. The molecule has 1 heterocycles. The molecule has 0 aliphatic rings. The molecule has 0 saturated heterocycles. The Labute approximate surface area is 150 Å². The molecule has 0 radical (unpaired) electrons. The third kappa shape index (κ3) is 7.96. The zero-order valence-corrected chi connectivity index (χ0v) is 16.4. The Hall–Kier alpha value is -2.18. The van der Waals surface area contributed by atoms with E-state index in [9.17, 15) is 9.59 Å². The predicted molar refractivity (Wildman–Crippen MR) is 96.4 cm³/mol. The van der Waals surface area contributed by atoms with E-state index in [2.05, 4.69) is 10.6 Å². The highest BCUT2D eigenvalue weighted by Gasteiger charge is 2.20. The summed E-state index contributed by atoms with van der Waals surface area (Å²) < 4.78 is 10.7. The van der Waals surface area contributed by atoms with Crippen LogP contribution in [0, 0.1) is 19.8 Å². The Kier molecular flexibility index (Phi) is 7.33. The average Bonchev–Trinajstić information content (AvgIpc) is 2.79. The normalized spacial score (nSPS) is 12.4. The number of carbonyl (C=O) groups excluding carboxylic acids is 2. The van der Waals surface area contributed by atoms with Crippen molar-refractivity contribution in [1.82, 2.24) is 15.5 Å². The fraction of sp³-hybridized carbons (Fsp3) is 0.667. The van der Waals surface area contributed by atoms with Crippen LogP contribution >= 0.6 is 0 Å². The third-order valence-electron chi connectivity index (χ3n) is 3.48. The highest BCUT2D eigenvalue weighted by molar-refractivity contribution is 5.73. The van der Waals surface area contributed by atoms with Gasteiger partial charge < -0.3 is 24.7 Å². The van der Waals surface area contributed by atoms with Gasteiger partial charge in [0.2, 0.25) is 0 Å². The number of urea groups is 1. The van der Waals surface area contributed by atoms with Crippen LogP contribution in [0.25, 0.3) is 0 Å². The van der Waals surface area contributed by atoms with Gasteiger partial charge in [-0.1, -0.05) is 6.92 Å². The van der Waals surface area contributed by atoms with E-state index in [1.165, 1.54) is 4.90 Å². The first-order chi connectivity index (χ1) is 11.5. The average molecular weight is 353 g/mol. The second-order valence-corrected chi connectivity index (χ2v) is 7.47. The number of carbonyl (C=O) groups is 2. The van der Waals surface area contributed by atoms with Gasteiger partial charge in [-0.15, -0.1) is 0 Å². The number of rotatable bonds is 6. The van der Waals surface area contributed by atoms with E-state index in [1.54, 1.807) is 7.05 Å². The number of aryl methyl sites for hydroxylation is 2. The summed E-state index contributed by atoms with van der Waals surface area (Å²) in [5, 5.41) is 5.61. The van der Waals surface area contributed by atoms with Gasteiger partial charge in [0.05, 0.1) is 0 Å². The first kappa shape index (κ1) is 20.9. The number of nitrogens with zero attached hydrogens (tertiary/aromatic N) is 1. The molecular weight excluding hydrogens is 322 g/mol. The van der Waals surface area contributed by atoms with E-state index in [0.29, 0.717) is 19.6 Å². The number of ether oxygens (including phenoxy) is 1. The molecule has 0 aliphatic carbocycles. The summed E-state index contributed by atoms with van der Waals surface area (Å²) in [6.07, 6.45) is -0.366. The zero-order chi connectivity index (χ0) is 19.2. The second-order valence-electron chi connectivity index (χ2n) is 7.47. The van der Waals surface area contributed by atoms with Crippen LogP contribution in [0.5, 0.6) is 0 Å². The molecule has 0 bridgehead atoms. The molecule has 1 atom stereocenters. The zero-order valence-electron chi connectivity index (χ0n) is 16.4. The van der Waals surface area contributed by atoms with Crippen LogP contribution in [-0.2, 0) is 11.3 Å². The smallest absolute Gasteiger partial charge is 0.410 e. The summed E-state index contributed by atoms with van der Waals surface area (Å²) in [6, 6.07) is 1.67. The molecule has 142 valence electrons. The summed E-state index contributed by atoms with van der Waals surface area (Å²) in [5.74, 6) is 1.74. The number of furan rings is 1. The lowest BCUT2D eigenvalue weighted by molar-refractivity contribution is 0.0277. The largest absolute Gasteiger partial charge is 0.466 e. The lowest BCUT2D eigenvalue weighted by Crippen LogP contribution is -2.41. The first-order valence-electron chi connectivity index (χ1n) is 8.49. The molecule has 2 N–H and O–H groups in total. The van der Waals surface area contributed by atoms with Crippen LogP contribution in [0.2, 0.25) is 0 Å². The van der Waals surface area contributed by atoms with E-state index in [1.807, 2.05) is 47.6 Å². The number of hydrogen-bond donors (Lipinski definition) is 2. The molecule has 0 saturated carbocycles. The van der Waals surface area contributed by atoms with Crippen molar-refractivity contribution >= 4 is 12.1 Å². The second kappa shape index (κ2) is 8.78. The molecule has 7 heteroatoms. The van der Waals surface area contributed by atoms with Gasteiger partial charge in [-0.25, -0.2) is 9.59 Å². The van der Waals surface area contributed by atoms with Crippen molar-refractivity contribution < 1.29 is 18.7 Å². The number of nitrogens with one attached hydrogen (secondary N) is 2. The van der Waals surface area contributed by atoms with E-state index in [0.717, 1.165) is 17.1 Å². The van der Waals surface area contributed by atoms with Gasteiger partial charge in [0.1, 0.15) is 17.1 Å². The van der Waals surface area contributed by atoms with Gasteiger partial charge in [0.15, 0.2) is 0 Å². The maximum atomic E-state index is 11.9. The van der Waals surface area contributed by atoms with E-state index < -0.39 is 5.60 Å². The van der Waals surface area contributed by atoms with Crippen LogP contribution in [0.15, 0.2) is 10.5 Å². The summed E-state index contributed by atoms with van der Waals surface area (Å²) in [7, 11) is 1.69. The van der Waals surface area contributed by atoms with Crippen molar-refractivity contribution in [2.24, 2.45) is 5.92 Å².